The summed E-state index contributed by atoms with van der Waals surface area (Å²) in [4.78, 5) is 0.153. The SMILES string of the molecule is CNCc1ccc(Cl)c(S(=O)(=O)NCCCCC(C)C)c1. The molecule has 120 valence electrons. The number of hydrogen-bond donors (Lipinski definition) is 2. The lowest BCUT2D eigenvalue weighted by Crippen LogP contribution is -2.25. The minimum Gasteiger partial charge on any atom is -0.316 e. The summed E-state index contributed by atoms with van der Waals surface area (Å²) in [5.41, 5.74) is 0.891. The van der Waals surface area contributed by atoms with Gasteiger partial charge in [-0.25, -0.2) is 13.1 Å². The van der Waals surface area contributed by atoms with Crippen molar-refractivity contribution in [3.63, 3.8) is 0 Å². The van der Waals surface area contributed by atoms with Crippen LogP contribution in [0.5, 0.6) is 0 Å². The van der Waals surface area contributed by atoms with Crippen molar-refractivity contribution >= 4 is 21.6 Å². The highest BCUT2D eigenvalue weighted by Gasteiger charge is 2.17. The van der Waals surface area contributed by atoms with E-state index in [1.165, 1.54) is 0 Å². The molecule has 6 heteroatoms. The third-order valence-electron chi connectivity index (χ3n) is 3.17. The van der Waals surface area contributed by atoms with Crippen molar-refractivity contribution in [3.05, 3.63) is 28.8 Å². The summed E-state index contributed by atoms with van der Waals surface area (Å²) in [5.74, 6) is 0.647. The maximum absolute atomic E-state index is 12.3. The van der Waals surface area contributed by atoms with Crippen LogP contribution in [0.3, 0.4) is 0 Å². The van der Waals surface area contributed by atoms with Crippen molar-refractivity contribution in [2.24, 2.45) is 5.92 Å². The predicted octanol–water partition coefficient (Wildman–Crippen LogP) is 3.16. The van der Waals surface area contributed by atoms with Crippen molar-refractivity contribution < 1.29 is 8.42 Å². The third kappa shape index (κ3) is 6.34. The van der Waals surface area contributed by atoms with Crippen molar-refractivity contribution in [2.45, 2.75) is 44.6 Å². The summed E-state index contributed by atoms with van der Waals surface area (Å²) in [6, 6.07) is 5.07. The molecule has 0 radical (unpaired) electrons. The first-order valence-electron chi connectivity index (χ1n) is 7.29. The topological polar surface area (TPSA) is 58.2 Å². The second-order valence-electron chi connectivity index (χ2n) is 5.58. The Balaban J connectivity index is 2.67. The van der Waals surface area contributed by atoms with Gasteiger partial charge in [-0.05, 0) is 37.1 Å². The molecule has 0 aliphatic heterocycles. The highest BCUT2D eigenvalue weighted by molar-refractivity contribution is 7.89. The zero-order chi connectivity index (χ0) is 15.9. The van der Waals surface area contributed by atoms with Gasteiger partial charge in [0.15, 0.2) is 0 Å². The smallest absolute Gasteiger partial charge is 0.242 e. The first-order chi connectivity index (χ1) is 9.86. The molecule has 21 heavy (non-hydrogen) atoms. The van der Waals surface area contributed by atoms with Crippen LogP contribution in [-0.2, 0) is 16.6 Å². The number of benzene rings is 1. The number of hydrogen-bond acceptors (Lipinski definition) is 3. The Kier molecular flexibility index (Phi) is 7.66. The Morgan fingerprint density at radius 2 is 1.95 bits per heavy atom. The monoisotopic (exact) mass is 332 g/mol. The summed E-state index contributed by atoms with van der Waals surface area (Å²) in [6.45, 7) is 5.38. The first kappa shape index (κ1) is 18.4. The Hall–Kier alpha value is -0.620. The molecule has 1 aromatic rings. The normalized spacial score (nSPS) is 12.0. The highest BCUT2D eigenvalue weighted by Crippen LogP contribution is 2.22. The Morgan fingerprint density at radius 3 is 2.57 bits per heavy atom. The van der Waals surface area contributed by atoms with Crippen LogP contribution in [0.2, 0.25) is 5.02 Å². The Labute approximate surface area is 133 Å². The van der Waals surface area contributed by atoms with Crippen molar-refractivity contribution in [3.8, 4) is 0 Å². The van der Waals surface area contributed by atoms with Gasteiger partial charge in [0.2, 0.25) is 10.0 Å². The lowest BCUT2D eigenvalue weighted by Gasteiger charge is -2.10. The molecule has 0 atom stereocenters. The summed E-state index contributed by atoms with van der Waals surface area (Å²) in [7, 11) is -1.73. The minimum atomic E-state index is -3.54. The van der Waals surface area contributed by atoms with Gasteiger partial charge < -0.3 is 5.32 Å². The predicted molar refractivity (Wildman–Crippen MR) is 88.1 cm³/mol. The molecular weight excluding hydrogens is 308 g/mol. The zero-order valence-corrected chi connectivity index (χ0v) is 14.5. The van der Waals surface area contributed by atoms with Crippen LogP contribution in [0.15, 0.2) is 23.1 Å². The van der Waals surface area contributed by atoms with E-state index in [2.05, 4.69) is 23.9 Å². The lowest BCUT2D eigenvalue weighted by atomic mass is 10.1. The maximum atomic E-state index is 12.3. The van der Waals surface area contributed by atoms with E-state index in [9.17, 15) is 8.42 Å². The molecule has 1 rings (SSSR count). The van der Waals surface area contributed by atoms with Crippen molar-refractivity contribution in [2.75, 3.05) is 13.6 Å². The molecule has 0 saturated heterocycles. The molecule has 0 aromatic heterocycles. The fraction of sp³-hybridized carbons (Fsp3) is 0.600. The van der Waals surface area contributed by atoms with Gasteiger partial charge in [0, 0.05) is 13.1 Å². The summed E-state index contributed by atoms with van der Waals surface area (Å²) in [6.07, 6.45) is 2.97. The molecule has 4 nitrogen and oxygen atoms in total. The second-order valence-corrected chi connectivity index (χ2v) is 7.73. The van der Waals surface area contributed by atoms with E-state index in [0.29, 0.717) is 19.0 Å². The molecule has 0 spiro atoms. The molecule has 0 aliphatic rings. The van der Waals surface area contributed by atoms with Gasteiger partial charge in [-0.15, -0.1) is 0 Å². The average Bonchev–Trinajstić information content (AvgIpc) is 2.40. The van der Waals surface area contributed by atoms with Crippen LogP contribution in [0.4, 0.5) is 0 Å². The molecular formula is C15H25ClN2O2S. The van der Waals surface area contributed by atoms with Crippen LogP contribution < -0.4 is 10.0 Å². The van der Waals surface area contributed by atoms with E-state index in [1.807, 2.05) is 13.1 Å². The number of rotatable bonds is 9. The van der Waals surface area contributed by atoms with Crippen LogP contribution in [-0.4, -0.2) is 22.0 Å². The van der Waals surface area contributed by atoms with E-state index < -0.39 is 10.0 Å². The van der Waals surface area contributed by atoms with Gasteiger partial charge >= 0.3 is 0 Å². The number of sulfonamides is 1. The van der Waals surface area contributed by atoms with Crippen LogP contribution in [0.25, 0.3) is 0 Å². The summed E-state index contributed by atoms with van der Waals surface area (Å²) in [5, 5.41) is 3.25. The zero-order valence-electron chi connectivity index (χ0n) is 12.9. The van der Waals surface area contributed by atoms with Crippen LogP contribution in [0.1, 0.15) is 38.7 Å². The largest absolute Gasteiger partial charge is 0.316 e. The summed E-state index contributed by atoms with van der Waals surface area (Å²) < 4.78 is 27.2. The molecule has 0 fully saturated rings. The van der Waals surface area contributed by atoms with Gasteiger partial charge in [-0.2, -0.15) is 0 Å². The molecule has 0 amide bonds. The standard InChI is InChI=1S/C15H25ClN2O2S/c1-12(2)6-4-5-9-18-21(19,20)15-10-13(11-17-3)7-8-14(15)16/h7-8,10,12,17-18H,4-6,9,11H2,1-3H3. The molecule has 0 aliphatic carbocycles. The summed E-state index contributed by atoms with van der Waals surface area (Å²) >= 11 is 6.02. The van der Waals surface area contributed by atoms with Gasteiger partial charge in [0.25, 0.3) is 0 Å². The van der Waals surface area contributed by atoms with Gasteiger partial charge in [-0.1, -0.05) is 44.4 Å². The quantitative estimate of drug-likeness (QED) is 0.683. The fourth-order valence-electron chi connectivity index (χ4n) is 2.03. The molecule has 2 N–H and O–H groups in total. The van der Waals surface area contributed by atoms with Gasteiger partial charge in [-0.3, -0.25) is 0 Å². The van der Waals surface area contributed by atoms with Crippen molar-refractivity contribution in [1.29, 1.82) is 0 Å². The van der Waals surface area contributed by atoms with Crippen LogP contribution >= 0.6 is 11.6 Å². The molecule has 0 unspecified atom stereocenters. The lowest BCUT2D eigenvalue weighted by molar-refractivity contribution is 0.530. The Morgan fingerprint density at radius 1 is 1.24 bits per heavy atom. The van der Waals surface area contributed by atoms with E-state index in [0.717, 1.165) is 24.8 Å². The van der Waals surface area contributed by atoms with Gasteiger partial charge in [0.05, 0.1) is 5.02 Å². The fourth-order valence-corrected chi connectivity index (χ4v) is 3.65. The number of nitrogens with one attached hydrogen (secondary N) is 2. The van der Waals surface area contributed by atoms with Crippen molar-refractivity contribution in [1.82, 2.24) is 10.0 Å². The molecule has 0 bridgehead atoms. The maximum Gasteiger partial charge on any atom is 0.242 e. The third-order valence-corrected chi connectivity index (χ3v) is 5.11. The number of halogens is 1. The van der Waals surface area contributed by atoms with Gasteiger partial charge in [0.1, 0.15) is 4.90 Å². The average molecular weight is 333 g/mol. The highest BCUT2D eigenvalue weighted by atomic mass is 35.5. The van der Waals surface area contributed by atoms with Crippen LogP contribution in [0, 0.1) is 5.92 Å². The second kappa shape index (κ2) is 8.73. The molecule has 0 heterocycles. The molecule has 0 saturated carbocycles. The number of unbranched alkanes of at least 4 members (excludes halogenated alkanes) is 1. The first-order valence-corrected chi connectivity index (χ1v) is 9.15. The van der Waals surface area contributed by atoms with E-state index in [4.69, 9.17) is 11.6 Å². The van der Waals surface area contributed by atoms with E-state index in [1.54, 1.807) is 12.1 Å². The minimum absolute atomic E-state index is 0.153. The van der Waals surface area contributed by atoms with E-state index in [-0.39, 0.29) is 9.92 Å². The molecule has 1 aromatic carbocycles. The van der Waals surface area contributed by atoms with E-state index >= 15 is 0 Å². The Bertz CT molecular complexity index is 545.